The van der Waals surface area contributed by atoms with Gasteiger partial charge in [-0.1, -0.05) is 23.2 Å². The highest BCUT2D eigenvalue weighted by atomic mass is 35.5. The lowest BCUT2D eigenvalue weighted by Gasteiger charge is -2.10. The van der Waals surface area contributed by atoms with E-state index < -0.39 is 0 Å². The Morgan fingerprint density at radius 3 is 2.67 bits per heavy atom. The minimum atomic E-state index is -0.325. The predicted molar refractivity (Wildman–Crippen MR) is 86.4 cm³/mol. The molecule has 0 atom stereocenters. The summed E-state index contributed by atoms with van der Waals surface area (Å²) in [5, 5.41) is 3.59. The summed E-state index contributed by atoms with van der Waals surface area (Å²) < 4.78 is 5.33. The molecule has 0 saturated heterocycles. The Hall–Kier alpha value is -1.91. The summed E-state index contributed by atoms with van der Waals surface area (Å²) in [4.78, 5) is 12.2. The summed E-state index contributed by atoms with van der Waals surface area (Å²) in [7, 11) is 0. The Bertz CT molecular complexity index is 675. The van der Waals surface area contributed by atoms with Crippen LogP contribution in [0.15, 0.2) is 36.4 Å². The van der Waals surface area contributed by atoms with Crippen molar-refractivity contribution >= 4 is 40.5 Å². The zero-order chi connectivity index (χ0) is 15.4. The van der Waals surface area contributed by atoms with Gasteiger partial charge in [0.15, 0.2) is 0 Å². The van der Waals surface area contributed by atoms with Crippen molar-refractivity contribution in [2.24, 2.45) is 0 Å². The van der Waals surface area contributed by atoms with E-state index in [0.717, 1.165) is 0 Å². The lowest BCUT2D eigenvalue weighted by Crippen LogP contribution is -2.12. The highest BCUT2D eigenvalue weighted by Crippen LogP contribution is 2.27. The Morgan fingerprint density at radius 1 is 1.24 bits per heavy atom. The molecule has 0 aliphatic carbocycles. The molecule has 21 heavy (non-hydrogen) atoms. The third-order valence-electron chi connectivity index (χ3n) is 2.75. The van der Waals surface area contributed by atoms with Crippen LogP contribution in [-0.4, -0.2) is 12.5 Å². The number of carbonyl (C=O) groups excluding carboxylic acids is 1. The first-order chi connectivity index (χ1) is 10.0. The van der Waals surface area contributed by atoms with Crippen LogP contribution in [0.5, 0.6) is 5.75 Å². The summed E-state index contributed by atoms with van der Waals surface area (Å²) >= 11 is 11.9. The molecule has 110 valence electrons. The molecule has 4 nitrogen and oxygen atoms in total. The first-order valence-corrected chi connectivity index (χ1v) is 7.05. The smallest absolute Gasteiger partial charge is 0.255 e. The summed E-state index contributed by atoms with van der Waals surface area (Å²) in [5.41, 5.74) is 7.10. The van der Waals surface area contributed by atoms with E-state index in [1.807, 2.05) is 6.92 Å². The number of anilines is 2. The van der Waals surface area contributed by atoms with Crippen LogP contribution < -0.4 is 15.8 Å². The van der Waals surface area contributed by atoms with Gasteiger partial charge in [-0.2, -0.15) is 0 Å². The summed E-state index contributed by atoms with van der Waals surface area (Å²) in [6.07, 6.45) is 0. The number of nitrogens with one attached hydrogen (secondary N) is 1. The molecule has 1 amide bonds. The summed E-state index contributed by atoms with van der Waals surface area (Å²) in [5.74, 6) is 0.226. The van der Waals surface area contributed by atoms with Crippen LogP contribution in [0, 0.1) is 0 Å². The molecule has 6 heteroatoms. The molecule has 0 bridgehead atoms. The maximum Gasteiger partial charge on any atom is 0.255 e. The second-order valence-corrected chi connectivity index (χ2v) is 5.11. The standard InChI is InChI=1S/C15H14Cl2N2O2/c1-2-21-14-6-3-9(7-12(14)18)15(20)19-13-8-10(16)4-5-11(13)17/h3-8H,2,18H2,1H3,(H,19,20). The molecule has 2 aromatic carbocycles. The number of halogens is 2. The highest BCUT2D eigenvalue weighted by molar-refractivity contribution is 6.35. The van der Waals surface area contributed by atoms with Crippen LogP contribution in [0.4, 0.5) is 11.4 Å². The van der Waals surface area contributed by atoms with Crippen molar-refractivity contribution in [3.05, 3.63) is 52.0 Å². The average molecular weight is 325 g/mol. The fraction of sp³-hybridized carbons (Fsp3) is 0.133. The minimum Gasteiger partial charge on any atom is -0.492 e. The number of amides is 1. The van der Waals surface area contributed by atoms with Crippen LogP contribution >= 0.6 is 23.2 Å². The molecule has 0 fully saturated rings. The number of rotatable bonds is 4. The van der Waals surface area contributed by atoms with Crippen molar-refractivity contribution in [1.82, 2.24) is 0 Å². The number of hydrogen-bond acceptors (Lipinski definition) is 3. The van der Waals surface area contributed by atoms with Crippen molar-refractivity contribution < 1.29 is 9.53 Å². The Morgan fingerprint density at radius 2 is 2.00 bits per heavy atom. The lowest BCUT2D eigenvalue weighted by atomic mass is 10.1. The number of benzene rings is 2. The topological polar surface area (TPSA) is 64.3 Å². The Labute approximate surface area is 132 Å². The molecule has 0 saturated carbocycles. The minimum absolute atomic E-state index is 0.325. The van der Waals surface area contributed by atoms with Gasteiger partial charge in [-0.3, -0.25) is 4.79 Å². The predicted octanol–water partition coefficient (Wildman–Crippen LogP) is 4.23. The molecule has 0 aliphatic heterocycles. The van der Waals surface area contributed by atoms with E-state index in [4.69, 9.17) is 33.7 Å². The molecule has 0 aromatic heterocycles. The summed E-state index contributed by atoms with van der Waals surface area (Å²) in [6, 6.07) is 9.70. The van der Waals surface area contributed by atoms with Crippen molar-refractivity contribution in [2.75, 3.05) is 17.7 Å². The van der Waals surface area contributed by atoms with Crippen LogP contribution in [-0.2, 0) is 0 Å². The zero-order valence-corrected chi connectivity index (χ0v) is 12.8. The van der Waals surface area contributed by atoms with E-state index in [1.54, 1.807) is 36.4 Å². The third-order valence-corrected chi connectivity index (χ3v) is 3.31. The molecule has 0 unspecified atom stereocenters. The maximum atomic E-state index is 12.2. The number of nitrogens with two attached hydrogens (primary N) is 1. The van der Waals surface area contributed by atoms with E-state index in [1.165, 1.54) is 0 Å². The van der Waals surface area contributed by atoms with Crippen LogP contribution in [0.1, 0.15) is 17.3 Å². The van der Waals surface area contributed by atoms with Gasteiger partial charge in [0.2, 0.25) is 0 Å². The van der Waals surface area contributed by atoms with Crippen molar-refractivity contribution in [3.8, 4) is 5.75 Å². The van der Waals surface area contributed by atoms with Gasteiger partial charge >= 0.3 is 0 Å². The van der Waals surface area contributed by atoms with Gasteiger partial charge in [-0.05, 0) is 43.3 Å². The van der Waals surface area contributed by atoms with Crippen LogP contribution in [0.25, 0.3) is 0 Å². The Kier molecular flexibility index (Phi) is 4.94. The van der Waals surface area contributed by atoms with Gasteiger partial charge < -0.3 is 15.8 Å². The van der Waals surface area contributed by atoms with Crippen LogP contribution in [0.3, 0.4) is 0 Å². The van der Waals surface area contributed by atoms with Gasteiger partial charge in [-0.25, -0.2) is 0 Å². The van der Waals surface area contributed by atoms with Crippen molar-refractivity contribution in [1.29, 1.82) is 0 Å². The lowest BCUT2D eigenvalue weighted by molar-refractivity contribution is 0.102. The molecular weight excluding hydrogens is 311 g/mol. The fourth-order valence-electron chi connectivity index (χ4n) is 1.76. The molecule has 0 radical (unpaired) electrons. The van der Waals surface area contributed by atoms with E-state index in [9.17, 15) is 4.79 Å². The zero-order valence-electron chi connectivity index (χ0n) is 11.3. The quantitative estimate of drug-likeness (QED) is 0.827. The fourth-order valence-corrected chi connectivity index (χ4v) is 2.10. The van der Waals surface area contributed by atoms with Gasteiger partial charge in [0.1, 0.15) is 5.75 Å². The molecule has 0 spiro atoms. The first-order valence-electron chi connectivity index (χ1n) is 6.30. The number of ether oxygens (including phenoxy) is 1. The SMILES string of the molecule is CCOc1ccc(C(=O)Nc2cc(Cl)ccc2Cl)cc1N. The molecule has 2 aromatic rings. The monoisotopic (exact) mass is 324 g/mol. The Balaban J connectivity index is 2.20. The van der Waals surface area contributed by atoms with Gasteiger partial charge in [0, 0.05) is 10.6 Å². The van der Waals surface area contributed by atoms with E-state index in [2.05, 4.69) is 5.32 Å². The normalized spacial score (nSPS) is 10.2. The van der Waals surface area contributed by atoms with Gasteiger partial charge in [0.05, 0.1) is 23.0 Å². The van der Waals surface area contributed by atoms with Crippen molar-refractivity contribution in [2.45, 2.75) is 6.92 Å². The van der Waals surface area contributed by atoms with Gasteiger partial charge in [-0.15, -0.1) is 0 Å². The molecule has 0 heterocycles. The molecular formula is C15H14Cl2N2O2. The van der Waals surface area contributed by atoms with E-state index in [-0.39, 0.29) is 5.91 Å². The van der Waals surface area contributed by atoms with E-state index >= 15 is 0 Å². The van der Waals surface area contributed by atoms with E-state index in [0.29, 0.717) is 39.3 Å². The number of nitrogen functional groups attached to an aromatic ring is 1. The molecule has 2 rings (SSSR count). The molecule has 3 N–H and O–H groups in total. The van der Waals surface area contributed by atoms with Crippen LogP contribution in [0.2, 0.25) is 10.0 Å². The molecule has 0 aliphatic rings. The highest BCUT2D eigenvalue weighted by Gasteiger charge is 2.11. The number of hydrogen-bond donors (Lipinski definition) is 2. The second-order valence-electron chi connectivity index (χ2n) is 4.26. The third kappa shape index (κ3) is 3.80. The van der Waals surface area contributed by atoms with Crippen molar-refractivity contribution in [3.63, 3.8) is 0 Å². The first kappa shape index (κ1) is 15.5. The summed E-state index contributed by atoms with van der Waals surface area (Å²) in [6.45, 7) is 2.37. The van der Waals surface area contributed by atoms with Gasteiger partial charge in [0.25, 0.3) is 5.91 Å². The average Bonchev–Trinajstić information content (AvgIpc) is 2.45. The second kappa shape index (κ2) is 6.70. The number of carbonyl (C=O) groups is 1. The maximum absolute atomic E-state index is 12.2. The largest absolute Gasteiger partial charge is 0.492 e.